The van der Waals surface area contributed by atoms with Crippen LogP contribution in [0.4, 0.5) is 13.2 Å². The van der Waals surface area contributed by atoms with Gasteiger partial charge in [0.1, 0.15) is 0 Å². The number of aliphatic carboxylic acids is 1. The molecule has 5 nitrogen and oxygen atoms in total. The van der Waals surface area contributed by atoms with Gasteiger partial charge in [-0.05, 0) is 12.1 Å². The molecule has 18 heavy (non-hydrogen) atoms. The van der Waals surface area contributed by atoms with Crippen LogP contribution in [-0.4, -0.2) is 27.8 Å². The summed E-state index contributed by atoms with van der Waals surface area (Å²) in [6, 6.07) is 1.13. The van der Waals surface area contributed by atoms with E-state index < -0.39 is 47.2 Å². The third kappa shape index (κ3) is 2.48. The van der Waals surface area contributed by atoms with Crippen LogP contribution >= 0.6 is 0 Å². The van der Waals surface area contributed by atoms with Crippen LogP contribution in [0.5, 0.6) is 11.5 Å². The van der Waals surface area contributed by atoms with Crippen molar-refractivity contribution in [3.8, 4) is 11.5 Å². The minimum absolute atomic E-state index is 0.496. The molecule has 0 heterocycles. The highest BCUT2D eigenvalue weighted by molar-refractivity contribution is 5.79. The number of carbonyl (C=O) groups is 1. The molecule has 0 aromatic heterocycles. The van der Waals surface area contributed by atoms with E-state index in [9.17, 15) is 23.1 Å². The lowest BCUT2D eigenvalue weighted by atomic mass is 9.92. The maximum absolute atomic E-state index is 12.7. The maximum atomic E-state index is 12.7. The Morgan fingerprint density at radius 2 is 1.89 bits per heavy atom. The lowest BCUT2D eigenvalue weighted by Gasteiger charge is -2.19. The molecule has 0 saturated heterocycles. The lowest BCUT2D eigenvalue weighted by molar-refractivity contribution is -0.141. The number of phenols is 2. The summed E-state index contributed by atoms with van der Waals surface area (Å²) in [4.78, 5) is 10.8. The molecule has 1 aromatic rings. The molecule has 0 fully saturated rings. The maximum Gasteiger partial charge on any atom is 0.416 e. The molecule has 1 aromatic carbocycles. The van der Waals surface area contributed by atoms with Crippen molar-refractivity contribution >= 4 is 5.97 Å². The average Bonchev–Trinajstić information content (AvgIpc) is 2.23. The number of alkyl halides is 3. The SMILES string of the molecule is NCC(C(=O)O)c1c(C(F)(F)F)ccc(O)c1O. The molecule has 1 unspecified atom stereocenters. The largest absolute Gasteiger partial charge is 0.504 e. The summed E-state index contributed by atoms with van der Waals surface area (Å²) in [5.41, 5.74) is 2.83. The predicted octanol–water partition coefficient (Wildman–Crippen LogP) is 1.24. The summed E-state index contributed by atoms with van der Waals surface area (Å²) in [5, 5.41) is 27.4. The Morgan fingerprint density at radius 3 is 2.28 bits per heavy atom. The normalized spacial score (nSPS) is 13.3. The van der Waals surface area contributed by atoms with Crippen LogP contribution in [0.2, 0.25) is 0 Å². The molecule has 0 spiro atoms. The number of aromatic hydroxyl groups is 2. The van der Waals surface area contributed by atoms with E-state index in [1.807, 2.05) is 0 Å². The van der Waals surface area contributed by atoms with E-state index in [1.165, 1.54) is 0 Å². The van der Waals surface area contributed by atoms with Crippen molar-refractivity contribution in [2.45, 2.75) is 12.1 Å². The Labute approximate surface area is 99.3 Å². The fourth-order valence-electron chi connectivity index (χ4n) is 1.54. The second kappa shape index (κ2) is 4.73. The lowest BCUT2D eigenvalue weighted by Crippen LogP contribution is -2.24. The van der Waals surface area contributed by atoms with Gasteiger partial charge in [0.25, 0.3) is 0 Å². The van der Waals surface area contributed by atoms with Gasteiger partial charge in [-0.2, -0.15) is 13.2 Å². The minimum atomic E-state index is -4.86. The molecule has 0 aliphatic carbocycles. The van der Waals surface area contributed by atoms with Crippen molar-refractivity contribution in [3.05, 3.63) is 23.3 Å². The fraction of sp³-hybridized carbons (Fsp3) is 0.300. The Balaban J connectivity index is 3.56. The molecule has 1 atom stereocenters. The van der Waals surface area contributed by atoms with Crippen LogP contribution in [0.25, 0.3) is 0 Å². The molecule has 0 bridgehead atoms. The van der Waals surface area contributed by atoms with Crippen molar-refractivity contribution in [2.75, 3.05) is 6.54 Å². The summed E-state index contributed by atoms with van der Waals surface area (Å²) >= 11 is 0. The highest BCUT2D eigenvalue weighted by Gasteiger charge is 2.39. The van der Waals surface area contributed by atoms with Crippen molar-refractivity contribution in [1.82, 2.24) is 0 Å². The van der Waals surface area contributed by atoms with E-state index >= 15 is 0 Å². The van der Waals surface area contributed by atoms with Gasteiger partial charge in [-0.25, -0.2) is 0 Å². The van der Waals surface area contributed by atoms with Crippen molar-refractivity contribution in [2.24, 2.45) is 5.73 Å². The summed E-state index contributed by atoms with van der Waals surface area (Å²) in [6.07, 6.45) is -4.86. The first-order chi connectivity index (χ1) is 8.20. The summed E-state index contributed by atoms with van der Waals surface area (Å²) in [7, 11) is 0. The number of benzene rings is 1. The topological polar surface area (TPSA) is 104 Å². The van der Waals surface area contributed by atoms with Gasteiger partial charge < -0.3 is 21.1 Å². The van der Waals surface area contributed by atoms with Crippen molar-refractivity contribution < 1.29 is 33.3 Å². The zero-order valence-corrected chi connectivity index (χ0v) is 8.90. The van der Waals surface area contributed by atoms with Crippen LogP contribution in [0, 0.1) is 0 Å². The Bertz CT molecular complexity index is 473. The van der Waals surface area contributed by atoms with E-state index in [2.05, 4.69) is 0 Å². The Kier molecular flexibility index (Phi) is 3.70. The Morgan fingerprint density at radius 1 is 1.33 bits per heavy atom. The molecule has 0 aliphatic rings. The van der Waals surface area contributed by atoms with Gasteiger partial charge >= 0.3 is 12.1 Å². The molecular weight excluding hydrogens is 255 g/mol. The Hall–Kier alpha value is -1.96. The quantitative estimate of drug-likeness (QED) is 0.616. The van der Waals surface area contributed by atoms with Crippen molar-refractivity contribution in [3.63, 3.8) is 0 Å². The molecule has 0 saturated carbocycles. The number of phenolic OH excluding ortho intramolecular Hbond substituents is 2. The standard InChI is InChI=1S/C10H10F3NO4/c11-10(12,13)5-1-2-6(15)8(16)7(5)4(3-14)9(17)18/h1-2,4,15-16H,3,14H2,(H,17,18). The van der Waals surface area contributed by atoms with E-state index in [4.69, 9.17) is 15.9 Å². The van der Waals surface area contributed by atoms with Gasteiger partial charge in [0, 0.05) is 12.1 Å². The molecule has 100 valence electrons. The van der Waals surface area contributed by atoms with Crippen molar-refractivity contribution in [1.29, 1.82) is 0 Å². The van der Waals surface area contributed by atoms with Crippen LogP contribution in [0.3, 0.4) is 0 Å². The molecular formula is C10H10F3NO4. The monoisotopic (exact) mass is 265 g/mol. The van der Waals surface area contributed by atoms with E-state index in [0.29, 0.717) is 12.1 Å². The van der Waals surface area contributed by atoms with Crippen LogP contribution < -0.4 is 5.73 Å². The van der Waals surface area contributed by atoms with Crippen LogP contribution in [0.1, 0.15) is 17.0 Å². The van der Waals surface area contributed by atoms with Gasteiger partial charge in [-0.1, -0.05) is 0 Å². The number of halogens is 3. The first-order valence-corrected chi connectivity index (χ1v) is 4.75. The third-order valence-corrected chi connectivity index (χ3v) is 2.38. The molecule has 1 rings (SSSR count). The highest BCUT2D eigenvalue weighted by atomic mass is 19.4. The van der Waals surface area contributed by atoms with Gasteiger partial charge in [-0.15, -0.1) is 0 Å². The van der Waals surface area contributed by atoms with Crippen LogP contribution in [-0.2, 0) is 11.0 Å². The summed E-state index contributed by atoms with van der Waals surface area (Å²) in [5.74, 6) is -5.34. The first kappa shape index (κ1) is 14.1. The smallest absolute Gasteiger partial charge is 0.416 e. The van der Waals surface area contributed by atoms with Gasteiger partial charge in [0.2, 0.25) is 0 Å². The van der Waals surface area contributed by atoms with E-state index in [1.54, 1.807) is 0 Å². The van der Waals surface area contributed by atoms with Gasteiger partial charge in [-0.3, -0.25) is 4.79 Å². The third-order valence-electron chi connectivity index (χ3n) is 2.38. The summed E-state index contributed by atoms with van der Waals surface area (Å²) < 4.78 is 38.1. The molecule has 0 aliphatic heterocycles. The summed E-state index contributed by atoms with van der Waals surface area (Å²) in [6.45, 7) is -0.643. The molecule has 8 heteroatoms. The zero-order valence-electron chi connectivity index (χ0n) is 8.90. The first-order valence-electron chi connectivity index (χ1n) is 4.75. The number of hydrogen-bond acceptors (Lipinski definition) is 4. The molecule has 0 amide bonds. The van der Waals surface area contributed by atoms with E-state index in [-0.39, 0.29) is 0 Å². The zero-order chi connectivity index (χ0) is 14.1. The number of carboxylic acid groups (broad SMARTS) is 1. The molecule has 0 radical (unpaired) electrons. The van der Waals surface area contributed by atoms with Gasteiger partial charge in [0.05, 0.1) is 11.5 Å². The number of carboxylic acids is 1. The average molecular weight is 265 g/mol. The van der Waals surface area contributed by atoms with Crippen LogP contribution in [0.15, 0.2) is 12.1 Å². The number of hydrogen-bond donors (Lipinski definition) is 4. The number of rotatable bonds is 3. The predicted molar refractivity (Wildman–Crippen MR) is 54.2 cm³/mol. The minimum Gasteiger partial charge on any atom is -0.504 e. The second-order valence-electron chi connectivity index (χ2n) is 3.52. The van der Waals surface area contributed by atoms with E-state index in [0.717, 1.165) is 0 Å². The molecule has 5 N–H and O–H groups in total. The number of nitrogens with two attached hydrogens (primary N) is 1. The fourth-order valence-corrected chi connectivity index (χ4v) is 1.54. The second-order valence-corrected chi connectivity index (χ2v) is 3.52. The highest BCUT2D eigenvalue weighted by Crippen LogP contribution is 2.43. The van der Waals surface area contributed by atoms with Gasteiger partial charge in [0.15, 0.2) is 11.5 Å².